The van der Waals surface area contributed by atoms with Gasteiger partial charge >= 0.3 is 0 Å². The normalized spacial score (nSPS) is 13.1. The Bertz CT molecular complexity index is 338. The molecule has 1 aromatic carbocycles. The molecule has 1 rings (SSSR count). The summed E-state index contributed by atoms with van der Waals surface area (Å²) >= 11 is 0. The lowest BCUT2D eigenvalue weighted by Gasteiger charge is -2.08. The van der Waals surface area contributed by atoms with E-state index in [1.165, 1.54) is 12.1 Å². The van der Waals surface area contributed by atoms with Crippen molar-refractivity contribution in [1.82, 2.24) is 5.32 Å². The Morgan fingerprint density at radius 2 is 2.12 bits per heavy atom. The Morgan fingerprint density at radius 3 is 2.76 bits per heavy atom. The lowest BCUT2D eigenvalue weighted by atomic mass is 10.2. The van der Waals surface area contributed by atoms with Gasteiger partial charge in [0.2, 0.25) is 0 Å². The van der Waals surface area contributed by atoms with Crippen molar-refractivity contribution >= 4 is 6.08 Å². The van der Waals surface area contributed by atoms with Crippen LogP contribution in [-0.2, 0) is 4.74 Å². The summed E-state index contributed by atoms with van der Waals surface area (Å²) < 4.78 is 17.4. The third-order valence-corrected chi connectivity index (χ3v) is 2.18. The molecule has 0 fully saturated rings. The highest BCUT2D eigenvalue weighted by atomic mass is 19.1. The Labute approximate surface area is 101 Å². The van der Waals surface area contributed by atoms with Gasteiger partial charge in [-0.2, -0.15) is 0 Å². The molecule has 0 aromatic heterocycles. The standard InChI is InChI=1S/C13H18FNO2/c1-17-10-13(16)9-15-8-2-3-11-4-6-12(14)7-5-11/h2-7,13,15-16H,8-10H2,1H3/b3-2+. The second-order valence-corrected chi connectivity index (χ2v) is 3.72. The maximum atomic E-state index is 12.6. The topological polar surface area (TPSA) is 41.5 Å². The van der Waals surface area contributed by atoms with Crippen LogP contribution in [0.1, 0.15) is 5.56 Å². The first-order chi connectivity index (χ1) is 8.22. The van der Waals surface area contributed by atoms with E-state index in [0.717, 1.165) is 5.56 Å². The highest BCUT2D eigenvalue weighted by molar-refractivity contribution is 5.48. The van der Waals surface area contributed by atoms with E-state index < -0.39 is 6.10 Å². The smallest absolute Gasteiger partial charge is 0.123 e. The molecular weight excluding hydrogens is 221 g/mol. The average molecular weight is 239 g/mol. The highest BCUT2D eigenvalue weighted by Crippen LogP contribution is 2.03. The Kier molecular flexibility index (Phi) is 6.47. The van der Waals surface area contributed by atoms with Crippen molar-refractivity contribution in [3.05, 3.63) is 41.7 Å². The van der Waals surface area contributed by atoms with Crippen LogP contribution < -0.4 is 5.32 Å². The monoisotopic (exact) mass is 239 g/mol. The van der Waals surface area contributed by atoms with Gasteiger partial charge in [0.05, 0.1) is 12.7 Å². The van der Waals surface area contributed by atoms with Crippen LogP contribution >= 0.6 is 0 Å². The molecule has 1 unspecified atom stereocenters. The maximum absolute atomic E-state index is 12.6. The predicted octanol–water partition coefficient (Wildman–Crippen LogP) is 1.44. The molecule has 0 heterocycles. The van der Waals surface area contributed by atoms with E-state index in [1.54, 1.807) is 19.2 Å². The molecular formula is C13H18FNO2. The molecule has 0 saturated heterocycles. The van der Waals surface area contributed by atoms with Crippen molar-refractivity contribution in [3.8, 4) is 0 Å². The number of benzene rings is 1. The number of hydrogen-bond donors (Lipinski definition) is 2. The van der Waals surface area contributed by atoms with E-state index in [0.29, 0.717) is 19.7 Å². The summed E-state index contributed by atoms with van der Waals surface area (Å²) in [5.74, 6) is -0.233. The molecule has 0 saturated carbocycles. The molecule has 94 valence electrons. The van der Waals surface area contributed by atoms with Crippen LogP contribution in [0.4, 0.5) is 4.39 Å². The van der Waals surface area contributed by atoms with Gasteiger partial charge in [-0.1, -0.05) is 24.3 Å². The molecule has 0 spiro atoms. The number of nitrogens with one attached hydrogen (secondary N) is 1. The van der Waals surface area contributed by atoms with Crippen molar-refractivity contribution in [1.29, 1.82) is 0 Å². The third kappa shape index (κ3) is 6.16. The van der Waals surface area contributed by atoms with Gasteiger partial charge in [-0.15, -0.1) is 0 Å². The van der Waals surface area contributed by atoms with Gasteiger partial charge in [0.25, 0.3) is 0 Å². The highest BCUT2D eigenvalue weighted by Gasteiger charge is 2.00. The van der Waals surface area contributed by atoms with Gasteiger partial charge in [-0.05, 0) is 17.7 Å². The van der Waals surface area contributed by atoms with Crippen LogP contribution in [0.3, 0.4) is 0 Å². The first-order valence-electron chi connectivity index (χ1n) is 5.52. The number of methoxy groups -OCH3 is 1. The van der Waals surface area contributed by atoms with E-state index in [2.05, 4.69) is 5.32 Å². The Morgan fingerprint density at radius 1 is 1.41 bits per heavy atom. The SMILES string of the molecule is COCC(O)CNC/C=C/c1ccc(F)cc1. The summed E-state index contributed by atoms with van der Waals surface area (Å²) in [5, 5.41) is 12.4. The molecule has 0 radical (unpaired) electrons. The third-order valence-electron chi connectivity index (χ3n) is 2.18. The molecule has 0 amide bonds. The number of ether oxygens (including phenoxy) is 1. The molecule has 0 aliphatic heterocycles. The molecule has 0 aliphatic carbocycles. The molecule has 4 heteroatoms. The minimum absolute atomic E-state index is 0.233. The number of rotatable bonds is 7. The minimum Gasteiger partial charge on any atom is -0.389 e. The van der Waals surface area contributed by atoms with Crippen LogP contribution in [-0.4, -0.2) is 38.0 Å². The van der Waals surface area contributed by atoms with Crippen LogP contribution in [0.5, 0.6) is 0 Å². The molecule has 0 aliphatic rings. The van der Waals surface area contributed by atoms with E-state index in [9.17, 15) is 9.50 Å². The second kappa shape index (κ2) is 7.95. The van der Waals surface area contributed by atoms with Gasteiger partial charge in [-0.25, -0.2) is 4.39 Å². The van der Waals surface area contributed by atoms with Gasteiger partial charge in [0.1, 0.15) is 5.82 Å². The zero-order valence-electron chi connectivity index (χ0n) is 9.90. The number of hydrogen-bond acceptors (Lipinski definition) is 3. The minimum atomic E-state index is -0.487. The molecule has 17 heavy (non-hydrogen) atoms. The summed E-state index contributed by atoms with van der Waals surface area (Å²) in [5.41, 5.74) is 0.950. The van der Waals surface area contributed by atoms with E-state index in [4.69, 9.17) is 4.74 Å². The zero-order chi connectivity index (χ0) is 12.5. The van der Waals surface area contributed by atoms with Crippen molar-refractivity contribution in [2.45, 2.75) is 6.10 Å². The number of halogens is 1. The zero-order valence-corrected chi connectivity index (χ0v) is 9.90. The lowest BCUT2D eigenvalue weighted by Crippen LogP contribution is -2.30. The molecule has 1 atom stereocenters. The second-order valence-electron chi connectivity index (χ2n) is 3.72. The van der Waals surface area contributed by atoms with Gasteiger partial charge < -0.3 is 15.2 Å². The first-order valence-corrected chi connectivity index (χ1v) is 5.52. The van der Waals surface area contributed by atoms with Crippen LogP contribution in [0.25, 0.3) is 6.08 Å². The quantitative estimate of drug-likeness (QED) is 0.707. The Balaban J connectivity index is 2.20. The van der Waals surface area contributed by atoms with E-state index in [-0.39, 0.29) is 5.82 Å². The number of aliphatic hydroxyl groups is 1. The fraction of sp³-hybridized carbons (Fsp3) is 0.385. The van der Waals surface area contributed by atoms with Gasteiger partial charge in [-0.3, -0.25) is 0 Å². The largest absolute Gasteiger partial charge is 0.389 e. The lowest BCUT2D eigenvalue weighted by molar-refractivity contribution is 0.0652. The van der Waals surface area contributed by atoms with Crippen LogP contribution in [0.15, 0.2) is 30.3 Å². The Hall–Kier alpha value is -1.23. The fourth-order valence-corrected chi connectivity index (χ4v) is 1.35. The van der Waals surface area contributed by atoms with E-state index in [1.807, 2.05) is 12.2 Å². The van der Waals surface area contributed by atoms with Crippen molar-refractivity contribution in [2.24, 2.45) is 0 Å². The predicted molar refractivity (Wildman–Crippen MR) is 66.2 cm³/mol. The summed E-state index contributed by atoms with van der Waals surface area (Å²) in [6.45, 7) is 1.47. The van der Waals surface area contributed by atoms with Crippen molar-refractivity contribution in [3.63, 3.8) is 0 Å². The van der Waals surface area contributed by atoms with Crippen LogP contribution in [0, 0.1) is 5.82 Å². The fourth-order valence-electron chi connectivity index (χ4n) is 1.35. The van der Waals surface area contributed by atoms with Crippen molar-refractivity contribution in [2.75, 3.05) is 26.8 Å². The average Bonchev–Trinajstić information content (AvgIpc) is 2.31. The van der Waals surface area contributed by atoms with E-state index >= 15 is 0 Å². The molecule has 0 bridgehead atoms. The summed E-state index contributed by atoms with van der Waals surface area (Å²) in [4.78, 5) is 0. The summed E-state index contributed by atoms with van der Waals surface area (Å²) in [6.07, 6.45) is 3.33. The summed E-state index contributed by atoms with van der Waals surface area (Å²) in [6, 6.07) is 6.28. The molecule has 3 nitrogen and oxygen atoms in total. The van der Waals surface area contributed by atoms with Gasteiger partial charge in [0, 0.05) is 20.2 Å². The summed E-state index contributed by atoms with van der Waals surface area (Å²) in [7, 11) is 1.55. The first kappa shape index (κ1) is 13.8. The van der Waals surface area contributed by atoms with Crippen LogP contribution in [0.2, 0.25) is 0 Å². The van der Waals surface area contributed by atoms with Crippen molar-refractivity contribution < 1.29 is 14.2 Å². The maximum Gasteiger partial charge on any atom is 0.123 e. The molecule has 1 aromatic rings. The van der Waals surface area contributed by atoms with Gasteiger partial charge in [0.15, 0.2) is 0 Å². The molecule has 2 N–H and O–H groups in total. The number of aliphatic hydroxyl groups excluding tert-OH is 1.